The molecule has 1 rings (SSSR count). The van der Waals surface area contributed by atoms with E-state index in [1.54, 1.807) is 32.0 Å². The molecular weight excluding hydrogens is 248 g/mol. The van der Waals surface area contributed by atoms with E-state index in [9.17, 15) is 14.7 Å². The molecule has 1 aromatic rings. The number of hydrogen-bond acceptors (Lipinski definition) is 5. The molecule has 0 saturated heterocycles. The lowest BCUT2D eigenvalue weighted by molar-refractivity contribution is -0.146. The van der Waals surface area contributed by atoms with Gasteiger partial charge in [0, 0.05) is 5.56 Å². The average Bonchev–Trinajstić information content (AvgIpc) is 2.38. The van der Waals surface area contributed by atoms with Crippen LogP contribution in [0, 0.1) is 0 Å². The second-order valence-corrected chi connectivity index (χ2v) is 3.56. The van der Waals surface area contributed by atoms with Crippen molar-refractivity contribution in [3.05, 3.63) is 35.4 Å². The number of para-hydroxylation sites is 1. The number of phenolic OH excluding ortho intramolecular Hbond substituents is 1. The van der Waals surface area contributed by atoms with E-state index in [0.29, 0.717) is 5.56 Å². The van der Waals surface area contributed by atoms with Gasteiger partial charge >= 0.3 is 11.9 Å². The standard InChI is InChI=1S/C14H16O5/c1-3-18-13(16)11(14(17)19-4-2)9-10-7-5-6-8-12(10)15/h5-9,15H,3-4H2,1-2H3. The van der Waals surface area contributed by atoms with Gasteiger partial charge in [-0.25, -0.2) is 9.59 Å². The van der Waals surface area contributed by atoms with Gasteiger partial charge < -0.3 is 14.6 Å². The van der Waals surface area contributed by atoms with Crippen LogP contribution in [0.25, 0.3) is 6.08 Å². The first-order valence-electron chi connectivity index (χ1n) is 5.94. The summed E-state index contributed by atoms with van der Waals surface area (Å²) in [4.78, 5) is 23.4. The van der Waals surface area contributed by atoms with Crippen molar-refractivity contribution in [3.63, 3.8) is 0 Å². The third-order valence-electron chi connectivity index (χ3n) is 2.23. The number of esters is 2. The van der Waals surface area contributed by atoms with Crippen LogP contribution in [-0.4, -0.2) is 30.3 Å². The lowest BCUT2D eigenvalue weighted by Crippen LogP contribution is -2.18. The predicted molar refractivity (Wildman–Crippen MR) is 69.3 cm³/mol. The smallest absolute Gasteiger partial charge is 0.345 e. The molecule has 102 valence electrons. The van der Waals surface area contributed by atoms with Crippen LogP contribution in [0.1, 0.15) is 19.4 Å². The Bertz CT molecular complexity index is 470. The minimum atomic E-state index is -0.774. The van der Waals surface area contributed by atoms with E-state index in [1.165, 1.54) is 12.1 Å². The minimum Gasteiger partial charge on any atom is -0.507 e. The molecule has 0 spiro atoms. The zero-order valence-electron chi connectivity index (χ0n) is 10.9. The van der Waals surface area contributed by atoms with Crippen LogP contribution in [0.4, 0.5) is 0 Å². The van der Waals surface area contributed by atoms with Crippen molar-refractivity contribution in [2.45, 2.75) is 13.8 Å². The van der Waals surface area contributed by atoms with Crippen molar-refractivity contribution in [2.24, 2.45) is 0 Å². The fraction of sp³-hybridized carbons (Fsp3) is 0.286. The van der Waals surface area contributed by atoms with Gasteiger partial charge in [0.25, 0.3) is 0 Å². The van der Waals surface area contributed by atoms with Crippen LogP contribution in [0.3, 0.4) is 0 Å². The van der Waals surface area contributed by atoms with Crippen LogP contribution in [0.2, 0.25) is 0 Å². The van der Waals surface area contributed by atoms with E-state index >= 15 is 0 Å². The van der Waals surface area contributed by atoms with Crippen molar-refractivity contribution in [1.82, 2.24) is 0 Å². The molecule has 0 bridgehead atoms. The summed E-state index contributed by atoms with van der Waals surface area (Å²) in [5.41, 5.74) is 0.101. The van der Waals surface area contributed by atoms with E-state index in [0.717, 1.165) is 0 Å². The number of aromatic hydroxyl groups is 1. The highest BCUT2D eigenvalue weighted by Crippen LogP contribution is 2.20. The van der Waals surface area contributed by atoms with Crippen molar-refractivity contribution in [2.75, 3.05) is 13.2 Å². The van der Waals surface area contributed by atoms with Gasteiger partial charge in [0.2, 0.25) is 0 Å². The molecule has 1 N–H and O–H groups in total. The number of rotatable bonds is 5. The van der Waals surface area contributed by atoms with Gasteiger partial charge in [-0.3, -0.25) is 0 Å². The van der Waals surface area contributed by atoms with Crippen molar-refractivity contribution < 1.29 is 24.2 Å². The Labute approximate surface area is 111 Å². The maximum Gasteiger partial charge on any atom is 0.345 e. The zero-order chi connectivity index (χ0) is 14.3. The molecular formula is C14H16O5. The van der Waals surface area contributed by atoms with Gasteiger partial charge in [0.15, 0.2) is 0 Å². The molecule has 5 nitrogen and oxygen atoms in total. The van der Waals surface area contributed by atoms with Gasteiger partial charge in [-0.2, -0.15) is 0 Å². The molecule has 0 radical (unpaired) electrons. The zero-order valence-corrected chi connectivity index (χ0v) is 10.9. The number of phenols is 1. The predicted octanol–water partition coefficient (Wildman–Crippen LogP) is 1.90. The number of carbonyl (C=O) groups excluding carboxylic acids is 2. The number of ether oxygens (including phenoxy) is 2. The highest BCUT2D eigenvalue weighted by molar-refractivity contribution is 6.17. The number of carbonyl (C=O) groups is 2. The van der Waals surface area contributed by atoms with E-state index < -0.39 is 11.9 Å². The first-order valence-corrected chi connectivity index (χ1v) is 5.94. The summed E-state index contributed by atoms with van der Waals surface area (Å²) in [5, 5.41) is 9.63. The Morgan fingerprint density at radius 1 is 1.11 bits per heavy atom. The molecule has 0 aliphatic heterocycles. The monoisotopic (exact) mass is 264 g/mol. The van der Waals surface area contributed by atoms with Gasteiger partial charge in [-0.05, 0) is 26.0 Å². The summed E-state index contributed by atoms with van der Waals surface area (Å²) in [7, 11) is 0. The van der Waals surface area contributed by atoms with E-state index in [1.807, 2.05) is 0 Å². The molecule has 0 amide bonds. The molecule has 19 heavy (non-hydrogen) atoms. The summed E-state index contributed by atoms with van der Waals surface area (Å²) >= 11 is 0. The van der Waals surface area contributed by atoms with Crippen molar-refractivity contribution in [1.29, 1.82) is 0 Å². The lowest BCUT2D eigenvalue weighted by atomic mass is 10.1. The molecule has 0 atom stereocenters. The van der Waals surface area contributed by atoms with Gasteiger partial charge in [0.05, 0.1) is 13.2 Å². The highest BCUT2D eigenvalue weighted by Gasteiger charge is 2.21. The molecule has 0 aromatic heterocycles. The molecule has 0 heterocycles. The first-order chi connectivity index (χ1) is 9.10. The summed E-state index contributed by atoms with van der Waals surface area (Å²) in [6.45, 7) is 3.58. The number of benzene rings is 1. The van der Waals surface area contributed by atoms with Gasteiger partial charge in [0.1, 0.15) is 11.3 Å². The minimum absolute atomic E-state index is 0.0337. The Kier molecular flexibility index (Phi) is 5.60. The molecule has 0 aliphatic carbocycles. The van der Waals surface area contributed by atoms with E-state index in [-0.39, 0.29) is 24.5 Å². The number of hydrogen-bond donors (Lipinski definition) is 1. The summed E-state index contributed by atoms with van der Waals surface area (Å²) in [5.74, 6) is -1.58. The average molecular weight is 264 g/mol. The van der Waals surface area contributed by atoms with Crippen LogP contribution in [0.5, 0.6) is 5.75 Å². The molecule has 1 aromatic carbocycles. The fourth-order valence-corrected chi connectivity index (χ4v) is 1.38. The van der Waals surface area contributed by atoms with Crippen LogP contribution in [0.15, 0.2) is 29.8 Å². The summed E-state index contributed by atoms with van der Waals surface area (Å²) in [6, 6.07) is 6.36. The quantitative estimate of drug-likeness (QED) is 0.380. The molecule has 0 aliphatic rings. The summed E-state index contributed by atoms with van der Waals surface area (Å²) in [6.07, 6.45) is 1.26. The Morgan fingerprint density at radius 3 is 2.11 bits per heavy atom. The van der Waals surface area contributed by atoms with Crippen molar-refractivity contribution in [3.8, 4) is 5.75 Å². The summed E-state index contributed by atoms with van der Waals surface area (Å²) < 4.78 is 9.59. The molecule has 0 fully saturated rings. The van der Waals surface area contributed by atoms with Crippen LogP contribution in [-0.2, 0) is 19.1 Å². The maximum absolute atomic E-state index is 11.7. The van der Waals surface area contributed by atoms with Crippen LogP contribution >= 0.6 is 0 Å². The second kappa shape index (κ2) is 7.20. The van der Waals surface area contributed by atoms with E-state index in [2.05, 4.69) is 0 Å². The normalized spacial score (nSPS) is 9.58. The molecule has 0 saturated carbocycles. The van der Waals surface area contributed by atoms with Crippen LogP contribution < -0.4 is 0 Å². The first kappa shape index (κ1) is 14.8. The third kappa shape index (κ3) is 4.13. The SMILES string of the molecule is CCOC(=O)C(=Cc1ccccc1O)C(=O)OCC. The van der Waals surface area contributed by atoms with Gasteiger partial charge in [-0.1, -0.05) is 18.2 Å². The topological polar surface area (TPSA) is 72.8 Å². The molecule has 0 unspecified atom stereocenters. The third-order valence-corrected chi connectivity index (χ3v) is 2.23. The highest BCUT2D eigenvalue weighted by atomic mass is 16.6. The Hall–Kier alpha value is -2.30. The Morgan fingerprint density at radius 2 is 1.63 bits per heavy atom. The van der Waals surface area contributed by atoms with E-state index in [4.69, 9.17) is 9.47 Å². The van der Waals surface area contributed by atoms with Crippen molar-refractivity contribution >= 4 is 18.0 Å². The van der Waals surface area contributed by atoms with Gasteiger partial charge in [-0.15, -0.1) is 0 Å². The lowest BCUT2D eigenvalue weighted by Gasteiger charge is -2.07. The maximum atomic E-state index is 11.7. The largest absolute Gasteiger partial charge is 0.507 e. The molecule has 5 heteroatoms. The fourth-order valence-electron chi connectivity index (χ4n) is 1.38. The Balaban J connectivity index is 3.12. The second-order valence-electron chi connectivity index (χ2n) is 3.56.